The van der Waals surface area contributed by atoms with Crippen molar-refractivity contribution in [1.82, 2.24) is 35.6 Å². The fourth-order valence-electron chi connectivity index (χ4n) is 12.7. The predicted molar refractivity (Wildman–Crippen MR) is 352 cm³/mol. The van der Waals surface area contributed by atoms with Crippen LogP contribution in [0.4, 0.5) is 0 Å². The number of nitrogens with zero attached hydrogens (tertiary/aromatic N) is 4. The van der Waals surface area contributed by atoms with Gasteiger partial charge in [0.2, 0.25) is 5.91 Å². The molecule has 0 spiro atoms. The molecule has 3 heterocycles. The number of unbranched alkanes of at least 4 members (excludes halogenated alkanes) is 6. The second-order valence-electron chi connectivity index (χ2n) is 24.4. The highest BCUT2D eigenvalue weighted by molar-refractivity contribution is 8.10. The normalized spacial score (nSPS) is 31.2. The lowest BCUT2D eigenvalue weighted by molar-refractivity contribution is -0.183. The van der Waals surface area contributed by atoms with Crippen molar-refractivity contribution in [3.8, 4) is 0 Å². The Labute approximate surface area is 536 Å². The molecule has 6 rings (SSSR count). The molecule has 8 unspecified atom stereocenters. The molecule has 3 aliphatic carbocycles. The Morgan fingerprint density at radius 2 is 0.930 bits per heavy atom. The van der Waals surface area contributed by atoms with Crippen molar-refractivity contribution in [2.24, 2.45) is 35.5 Å². The molecule has 0 radical (unpaired) electrons. The molecule has 8 N–H and O–H groups in total. The van der Waals surface area contributed by atoms with Gasteiger partial charge in [-0.2, -0.15) is 0 Å². The quantitative estimate of drug-likeness (QED) is 0.0144. The first-order valence-corrected chi connectivity index (χ1v) is 37.4. The van der Waals surface area contributed by atoms with E-state index < -0.39 is 85.5 Å². The van der Waals surface area contributed by atoms with Gasteiger partial charge in [-0.25, -0.2) is 0 Å². The van der Waals surface area contributed by atoms with Crippen LogP contribution in [0, 0.1) is 35.5 Å². The summed E-state index contributed by atoms with van der Waals surface area (Å²) in [6.45, 7) is 20.8. The molecule has 0 bridgehead atoms. The zero-order valence-electron chi connectivity index (χ0n) is 53.3. The Morgan fingerprint density at radius 1 is 0.523 bits per heavy atom. The standard InChI is InChI=1S/C63H117N7O12S4/c1-7-13-34-77-51-45(19-22-48(54(51)80-37-16-10-4)60(74)68-31-40-84-43-68)57(71)64-25-28-67(29-26-65-58(72)46-20-23-49(61(75)69-32-41-85-44-69)55(81-38-17-11-5)52(46)78-35-14-8-2)30-27-66-59(73)47-21-24-50(62(76)70-33-42-86-63(70)83)56(82-39-18-12-6)53(47)79-36-15-9-3/h19,21-22,24,45-57,59-64,66,71,73-76,83H,7-18,20,23,25-44H2,1-6H3,(H,65,72)/t45-,46+,47?,48+,49-,50+,51?,52?,53?,54?,55?,56?,57-,59-,60+,61+,62?,63+/m0/s1. The maximum absolute atomic E-state index is 14.6. The zero-order chi connectivity index (χ0) is 61.6. The van der Waals surface area contributed by atoms with Gasteiger partial charge in [-0.05, 0) is 51.4 Å². The number of nitrogens with one attached hydrogen (secondary N) is 3. The van der Waals surface area contributed by atoms with E-state index in [0.29, 0.717) is 98.3 Å². The summed E-state index contributed by atoms with van der Waals surface area (Å²) < 4.78 is 39.9. The first-order chi connectivity index (χ1) is 41.9. The monoisotopic (exact) mass is 1290 g/mol. The van der Waals surface area contributed by atoms with E-state index in [9.17, 15) is 30.3 Å². The Morgan fingerprint density at radius 3 is 1.36 bits per heavy atom. The molecule has 0 aromatic heterocycles. The summed E-state index contributed by atoms with van der Waals surface area (Å²) in [5.41, 5.74) is 0. The molecule has 500 valence electrons. The summed E-state index contributed by atoms with van der Waals surface area (Å²) in [6.07, 6.45) is 13.0. The second-order valence-corrected chi connectivity index (χ2v) is 28.5. The summed E-state index contributed by atoms with van der Waals surface area (Å²) >= 11 is 10.1. The van der Waals surface area contributed by atoms with E-state index in [1.54, 1.807) is 11.8 Å². The molecule has 18 atom stereocenters. The Bertz CT molecular complexity index is 1870. The number of aliphatic hydroxyl groups is 5. The summed E-state index contributed by atoms with van der Waals surface area (Å²) in [5.74, 6) is 1.98. The van der Waals surface area contributed by atoms with Crippen LogP contribution in [0.2, 0.25) is 0 Å². The van der Waals surface area contributed by atoms with Crippen molar-refractivity contribution in [3.05, 3.63) is 24.3 Å². The van der Waals surface area contributed by atoms with Gasteiger partial charge in [0.05, 0.1) is 42.5 Å². The lowest BCUT2D eigenvalue weighted by Gasteiger charge is -2.45. The minimum absolute atomic E-state index is 0.0890. The lowest BCUT2D eigenvalue weighted by atomic mass is 9.75. The van der Waals surface area contributed by atoms with Crippen molar-refractivity contribution >= 4 is 53.8 Å². The van der Waals surface area contributed by atoms with Gasteiger partial charge in [-0.3, -0.25) is 35.0 Å². The number of carbonyl (C=O) groups excluding carboxylic acids is 1. The first-order valence-electron chi connectivity index (χ1n) is 33.5. The van der Waals surface area contributed by atoms with Crippen molar-refractivity contribution in [3.63, 3.8) is 0 Å². The van der Waals surface area contributed by atoms with Gasteiger partial charge in [0.1, 0.15) is 35.8 Å². The average Bonchev–Trinajstić information content (AvgIpc) is 4.48. The molecule has 86 heavy (non-hydrogen) atoms. The molecule has 3 saturated heterocycles. The van der Waals surface area contributed by atoms with Crippen molar-refractivity contribution in [2.75, 3.05) is 128 Å². The number of amides is 1. The number of hydrogen-bond acceptors (Lipinski definition) is 22. The topological polar surface area (TPSA) is 223 Å². The smallest absolute Gasteiger partial charge is 0.225 e. The Balaban J connectivity index is 1.19. The average molecular weight is 1290 g/mol. The van der Waals surface area contributed by atoms with Crippen LogP contribution in [0.15, 0.2) is 24.3 Å². The molecule has 1 saturated carbocycles. The third-order valence-electron chi connectivity index (χ3n) is 18.1. The number of aliphatic hydroxyl groups excluding tert-OH is 5. The Kier molecular flexibility index (Phi) is 36.6. The van der Waals surface area contributed by atoms with Crippen molar-refractivity contribution in [2.45, 2.75) is 204 Å². The number of carbonyl (C=O) groups is 1. The molecule has 19 nitrogen and oxygen atoms in total. The SMILES string of the molecule is CCCCOC1C(OCCCC)[C@H](C(O)N2CCS[C@H]2S)C=CC1[C@H](O)NCCN(CCNC(=O)[C@@H]1CC[C@H]([C@@H](O)N2CCSC2)C(OCCCC)C1OCCCC)CCN[C@@H](O)[C@H]1C=C[C@@H]([C@@H](O)N2CCSC2)C(OCCCC)C1OCCCC. The molecular formula is C63H117N7O12S4. The molecule has 1 amide bonds. The largest absolute Gasteiger partial charge is 0.378 e. The van der Waals surface area contributed by atoms with Crippen molar-refractivity contribution in [1.29, 1.82) is 0 Å². The van der Waals surface area contributed by atoms with Crippen molar-refractivity contribution < 1.29 is 58.7 Å². The van der Waals surface area contributed by atoms with Crippen LogP contribution in [-0.4, -0.2) is 251 Å². The summed E-state index contributed by atoms with van der Waals surface area (Å²) in [7, 11) is 0. The van der Waals surface area contributed by atoms with Crippen LogP contribution >= 0.6 is 47.9 Å². The highest BCUT2D eigenvalue weighted by atomic mass is 32.2. The molecule has 0 aromatic carbocycles. The van der Waals surface area contributed by atoms with Crippen LogP contribution in [0.25, 0.3) is 0 Å². The van der Waals surface area contributed by atoms with Gasteiger partial charge < -0.3 is 59.3 Å². The van der Waals surface area contributed by atoms with E-state index in [1.807, 2.05) is 52.7 Å². The minimum Gasteiger partial charge on any atom is -0.378 e. The van der Waals surface area contributed by atoms with Crippen LogP contribution < -0.4 is 16.0 Å². The van der Waals surface area contributed by atoms with Gasteiger partial charge in [0, 0.05) is 157 Å². The maximum atomic E-state index is 14.6. The molecule has 23 heteroatoms. The fourth-order valence-corrected chi connectivity index (χ4v) is 16.2. The van der Waals surface area contributed by atoms with E-state index in [2.05, 4.69) is 72.2 Å². The van der Waals surface area contributed by atoms with Gasteiger partial charge in [-0.1, -0.05) is 104 Å². The van der Waals surface area contributed by atoms with E-state index in [1.165, 1.54) is 0 Å². The first kappa shape index (κ1) is 74.7. The van der Waals surface area contributed by atoms with Crippen LogP contribution in [0.5, 0.6) is 0 Å². The van der Waals surface area contributed by atoms with Crippen LogP contribution in [0.1, 0.15) is 131 Å². The number of rotatable bonds is 44. The fraction of sp³-hybridized carbons (Fsp3) is 0.921. The maximum Gasteiger partial charge on any atom is 0.225 e. The van der Waals surface area contributed by atoms with E-state index in [4.69, 9.17) is 41.0 Å². The second kappa shape index (κ2) is 42.1. The van der Waals surface area contributed by atoms with Gasteiger partial charge in [-0.15, -0.1) is 47.9 Å². The number of ether oxygens (including phenoxy) is 6. The highest BCUT2D eigenvalue weighted by Gasteiger charge is 2.50. The zero-order valence-corrected chi connectivity index (χ0v) is 56.6. The number of thioether (sulfide) groups is 3. The van der Waals surface area contributed by atoms with Gasteiger partial charge in [0.25, 0.3) is 0 Å². The van der Waals surface area contributed by atoms with E-state index in [0.717, 1.165) is 119 Å². The highest BCUT2D eigenvalue weighted by Crippen LogP contribution is 2.40. The Hall–Kier alpha value is -0.330. The number of hydrogen-bond donors (Lipinski definition) is 9. The van der Waals surface area contributed by atoms with Gasteiger partial charge in [0.15, 0.2) is 0 Å². The molecular weight excluding hydrogens is 1170 g/mol. The third-order valence-corrected chi connectivity index (χ3v) is 21.8. The predicted octanol–water partition coefficient (Wildman–Crippen LogP) is 6.19. The summed E-state index contributed by atoms with van der Waals surface area (Å²) in [6, 6.07) is 0. The summed E-state index contributed by atoms with van der Waals surface area (Å²) in [5, 5.41) is 70.0. The molecule has 3 aliphatic heterocycles. The third kappa shape index (κ3) is 22.7. The number of thiol groups is 1. The minimum atomic E-state index is -1.01. The molecule has 4 fully saturated rings. The van der Waals surface area contributed by atoms with E-state index >= 15 is 0 Å². The molecule has 6 aliphatic rings. The van der Waals surface area contributed by atoms with Gasteiger partial charge >= 0.3 is 0 Å². The van der Waals surface area contributed by atoms with Crippen LogP contribution in [-0.2, 0) is 33.2 Å². The van der Waals surface area contributed by atoms with E-state index in [-0.39, 0.29) is 28.4 Å². The molecule has 0 aromatic rings. The van der Waals surface area contributed by atoms with Crippen LogP contribution in [0.3, 0.4) is 0 Å². The summed E-state index contributed by atoms with van der Waals surface area (Å²) in [4.78, 5) is 23.1. The lowest BCUT2D eigenvalue weighted by Crippen LogP contribution is -2.57.